The number of fused-ring (bicyclic) bond motifs is 1. The molecule has 1 saturated heterocycles. The van der Waals surface area contributed by atoms with Crippen molar-refractivity contribution in [1.82, 2.24) is 13.6 Å². The first kappa shape index (κ1) is 19.8. The molecule has 0 aliphatic carbocycles. The fraction of sp³-hybridized carbons (Fsp3) is 0.350. The number of sulfone groups is 1. The number of rotatable bonds is 4. The molecule has 4 rings (SSSR count). The molecule has 0 saturated carbocycles. The third kappa shape index (κ3) is 3.97. The van der Waals surface area contributed by atoms with Crippen molar-refractivity contribution in [3.8, 4) is 0 Å². The number of carbonyl (C=O) groups excluding carboxylic acids is 1. The van der Waals surface area contributed by atoms with Crippen molar-refractivity contribution in [1.29, 1.82) is 0 Å². The average molecular weight is 431 g/mol. The summed E-state index contributed by atoms with van der Waals surface area (Å²) in [5.74, 6) is -0.929. The van der Waals surface area contributed by atoms with Crippen molar-refractivity contribution in [2.45, 2.75) is 24.8 Å². The Labute approximate surface area is 174 Å². The van der Waals surface area contributed by atoms with Gasteiger partial charge in [-0.25, -0.2) is 8.42 Å². The second-order valence-electron chi connectivity index (χ2n) is 7.37. The van der Waals surface area contributed by atoms with E-state index in [-0.39, 0.29) is 16.8 Å². The lowest BCUT2D eigenvalue weighted by Gasteiger charge is -2.41. The zero-order chi connectivity index (χ0) is 20.6. The second-order valence-corrected chi connectivity index (χ2v) is 9.85. The van der Waals surface area contributed by atoms with Crippen molar-refractivity contribution in [2.24, 2.45) is 0 Å². The van der Waals surface area contributed by atoms with E-state index in [0.29, 0.717) is 30.7 Å². The lowest BCUT2D eigenvalue weighted by Crippen LogP contribution is -2.54. The molecule has 29 heavy (non-hydrogen) atoms. The summed E-state index contributed by atoms with van der Waals surface area (Å²) in [6, 6.07) is 13.2. The average Bonchev–Trinajstić information content (AvgIpc) is 3.16. The number of piperazine rings is 1. The first-order valence-corrected chi connectivity index (χ1v) is 11.8. The van der Waals surface area contributed by atoms with Gasteiger partial charge >= 0.3 is 0 Å². The molecule has 3 aromatic rings. The van der Waals surface area contributed by atoms with Crippen molar-refractivity contribution in [2.75, 3.05) is 30.3 Å². The predicted molar refractivity (Wildman–Crippen MR) is 114 cm³/mol. The quantitative estimate of drug-likeness (QED) is 0.632. The van der Waals surface area contributed by atoms with Crippen LogP contribution in [0.15, 0.2) is 47.4 Å². The van der Waals surface area contributed by atoms with Crippen LogP contribution in [-0.4, -0.2) is 59.4 Å². The topological polar surface area (TPSA) is 83.5 Å². The number of anilines is 1. The zero-order valence-corrected chi connectivity index (χ0v) is 17.9. The molecular weight excluding hydrogens is 408 g/mol. The van der Waals surface area contributed by atoms with Crippen LogP contribution < -0.4 is 4.90 Å². The van der Waals surface area contributed by atoms with Crippen molar-refractivity contribution in [3.63, 3.8) is 0 Å². The minimum Gasteiger partial charge on any atom is -0.365 e. The number of hydrogen-bond donors (Lipinski definition) is 0. The molecule has 9 heteroatoms. The Morgan fingerprint density at radius 3 is 2.72 bits per heavy atom. The van der Waals surface area contributed by atoms with Gasteiger partial charge in [-0.3, -0.25) is 4.79 Å². The summed E-state index contributed by atoms with van der Waals surface area (Å²) >= 11 is 0.964. The molecule has 0 spiro atoms. The predicted octanol–water partition coefficient (Wildman–Crippen LogP) is 2.51. The molecule has 2 heterocycles. The molecule has 0 N–H and O–H groups in total. The maximum absolute atomic E-state index is 12.9. The van der Waals surface area contributed by atoms with E-state index in [1.807, 2.05) is 6.07 Å². The Hall–Kier alpha value is -2.52. The van der Waals surface area contributed by atoms with Crippen molar-refractivity contribution < 1.29 is 13.2 Å². The Kier molecular flexibility index (Phi) is 5.26. The number of hydrogen-bond acceptors (Lipinski definition) is 7. The van der Waals surface area contributed by atoms with Gasteiger partial charge in [-0.05, 0) is 43.7 Å². The van der Waals surface area contributed by atoms with E-state index >= 15 is 0 Å². The summed E-state index contributed by atoms with van der Waals surface area (Å²) in [4.78, 5) is 16.8. The minimum absolute atomic E-state index is 0.0727. The van der Waals surface area contributed by atoms with E-state index in [0.717, 1.165) is 17.4 Å². The first-order chi connectivity index (χ1) is 13.8. The van der Waals surface area contributed by atoms with Crippen molar-refractivity contribution in [3.05, 3.63) is 48.0 Å². The van der Waals surface area contributed by atoms with Gasteiger partial charge in [0.25, 0.3) is 0 Å². The molecule has 2 aromatic carbocycles. The highest BCUT2D eigenvalue weighted by Gasteiger charge is 2.31. The highest BCUT2D eigenvalue weighted by Crippen LogP contribution is 2.24. The Balaban J connectivity index is 1.47. The van der Waals surface area contributed by atoms with Crippen LogP contribution in [0.25, 0.3) is 11.0 Å². The molecule has 1 aromatic heterocycles. The van der Waals surface area contributed by atoms with Gasteiger partial charge in [0.2, 0.25) is 5.91 Å². The third-order valence-corrected chi connectivity index (χ3v) is 7.38. The van der Waals surface area contributed by atoms with Gasteiger partial charge in [0, 0.05) is 31.4 Å². The molecule has 7 nitrogen and oxygen atoms in total. The summed E-state index contributed by atoms with van der Waals surface area (Å²) in [6.07, 6.45) is 0. The molecule has 1 aliphatic heterocycles. The SMILES string of the molecule is Cc1cccc(N2CCN(C(=O)CS(=O)(=O)c3cccc4nsnc34)CC2C)c1. The van der Waals surface area contributed by atoms with Crippen molar-refractivity contribution >= 4 is 44.2 Å². The molecule has 1 unspecified atom stereocenters. The molecule has 0 radical (unpaired) electrons. The molecule has 1 aliphatic rings. The highest BCUT2D eigenvalue weighted by atomic mass is 32.2. The number of nitrogens with zero attached hydrogens (tertiary/aromatic N) is 4. The van der Waals surface area contributed by atoms with Crippen LogP contribution in [0.4, 0.5) is 5.69 Å². The second kappa shape index (κ2) is 7.72. The fourth-order valence-electron chi connectivity index (χ4n) is 3.74. The van der Waals surface area contributed by atoms with Crippen LogP contribution in [-0.2, 0) is 14.6 Å². The molecule has 1 amide bonds. The van der Waals surface area contributed by atoms with E-state index in [1.54, 1.807) is 17.0 Å². The number of carbonyl (C=O) groups is 1. The summed E-state index contributed by atoms with van der Waals surface area (Å²) < 4.78 is 33.9. The molecule has 0 bridgehead atoms. The summed E-state index contributed by atoms with van der Waals surface area (Å²) in [6.45, 7) is 5.76. The highest BCUT2D eigenvalue weighted by molar-refractivity contribution is 7.92. The molecule has 1 fully saturated rings. The number of aryl methyl sites for hydroxylation is 1. The van der Waals surface area contributed by atoms with E-state index < -0.39 is 15.6 Å². The normalized spacial score (nSPS) is 17.7. The fourth-order valence-corrected chi connectivity index (χ4v) is 5.74. The Morgan fingerprint density at radius 1 is 1.17 bits per heavy atom. The van der Waals surface area contributed by atoms with E-state index in [2.05, 4.69) is 45.7 Å². The lowest BCUT2D eigenvalue weighted by atomic mass is 10.1. The van der Waals surface area contributed by atoms with Crippen LogP contribution in [0.5, 0.6) is 0 Å². The summed E-state index contributed by atoms with van der Waals surface area (Å²) in [5.41, 5.74) is 3.18. The number of amides is 1. The smallest absolute Gasteiger partial charge is 0.238 e. The molecule has 1 atom stereocenters. The number of aromatic nitrogens is 2. The van der Waals surface area contributed by atoms with Crippen LogP contribution in [0.1, 0.15) is 12.5 Å². The van der Waals surface area contributed by atoms with Crippen LogP contribution in [0.2, 0.25) is 0 Å². The summed E-state index contributed by atoms with van der Waals surface area (Å²) in [5, 5.41) is 0. The Bertz CT molecular complexity index is 1160. The van der Waals surface area contributed by atoms with Gasteiger partial charge in [-0.15, -0.1) is 0 Å². The largest absolute Gasteiger partial charge is 0.365 e. The first-order valence-electron chi connectivity index (χ1n) is 9.40. The lowest BCUT2D eigenvalue weighted by molar-refractivity contribution is -0.129. The van der Waals surface area contributed by atoms with E-state index in [1.165, 1.54) is 11.6 Å². The standard InChI is InChI=1S/C20H22N4O3S2/c1-14-5-3-6-16(11-14)24-10-9-23(12-15(24)2)19(25)13-29(26,27)18-8-4-7-17-20(18)22-28-21-17/h3-8,11,15H,9-10,12-13H2,1-2H3. The van der Waals surface area contributed by atoms with E-state index in [4.69, 9.17) is 0 Å². The maximum atomic E-state index is 12.9. The van der Waals surface area contributed by atoms with Gasteiger partial charge in [0.15, 0.2) is 9.84 Å². The van der Waals surface area contributed by atoms with Gasteiger partial charge in [0.1, 0.15) is 16.8 Å². The summed E-state index contributed by atoms with van der Waals surface area (Å²) in [7, 11) is -3.79. The third-order valence-electron chi connectivity index (χ3n) is 5.21. The van der Waals surface area contributed by atoms with Crippen LogP contribution >= 0.6 is 11.7 Å². The van der Waals surface area contributed by atoms with E-state index in [9.17, 15) is 13.2 Å². The number of benzene rings is 2. The van der Waals surface area contributed by atoms with Crippen LogP contribution in [0, 0.1) is 6.92 Å². The van der Waals surface area contributed by atoms with Gasteiger partial charge in [-0.1, -0.05) is 18.2 Å². The van der Waals surface area contributed by atoms with Crippen LogP contribution in [0.3, 0.4) is 0 Å². The molecular formula is C20H22N4O3S2. The van der Waals surface area contributed by atoms with Gasteiger partial charge in [0.05, 0.1) is 16.6 Å². The minimum atomic E-state index is -3.79. The monoisotopic (exact) mass is 430 g/mol. The molecule has 152 valence electrons. The Morgan fingerprint density at radius 2 is 1.97 bits per heavy atom. The van der Waals surface area contributed by atoms with Gasteiger partial charge in [-0.2, -0.15) is 8.75 Å². The maximum Gasteiger partial charge on any atom is 0.238 e. The van der Waals surface area contributed by atoms with Gasteiger partial charge < -0.3 is 9.80 Å². The zero-order valence-electron chi connectivity index (χ0n) is 16.3.